The molecule has 0 saturated carbocycles. The van der Waals surface area contributed by atoms with Crippen molar-refractivity contribution in [2.24, 2.45) is 0 Å². The van der Waals surface area contributed by atoms with E-state index in [9.17, 15) is 22.8 Å². The largest absolute Gasteiger partial charge is 0.465 e. The van der Waals surface area contributed by atoms with Crippen molar-refractivity contribution in [3.8, 4) is 0 Å². The summed E-state index contributed by atoms with van der Waals surface area (Å²) in [6.45, 7) is 2.78. The highest BCUT2D eigenvalue weighted by atomic mass is 19.4. The van der Waals surface area contributed by atoms with Crippen molar-refractivity contribution in [2.75, 3.05) is 38.2 Å². The van der Waals surface area contributed by atoms with Crippen molar-refractivity contribution in [3.05, 3.63) is 29.3 Å². The van der Waals surface area contributed by atoms with Gasteiger partial charge in [-0.2, -0.15) is 13.2 Å². The number of anilines is 1. The van der Waals surface area contributed by atoms with E-state index in [-0.39, 0.29) is 17.2 Å². The summed E-state index contributed by atoms with van der Waals surface area (Å²) in [4.78, 5) is 25.9. The Morgan fingerprint density at radius 1 is 1.13 bits per heavy atom. The molecule has 1 amide bonds. The zero-order valence-corrected chi connectivity index (χ0v) is 12.8. The number of amides is 1. The van der Waals surface area contributed by atoms with E-state index in [1.165, 1.54) is 19.1 Å². The molecule has 126 valence electrons. The minimum absolute atomic E-state index is 0.00774. The molecular formula is C15H17F3N2O3. The van der Waals surface area contributed by atoms with Gasteiger partial charge in [-0.25, -0.2) is 4.79 Å². The highest BCUT2D eigenvalue weighted by molar-refractivity contribution is 5.90. The highest BCUT2D eigenvalue weighted by Gasteiger charge is 2.36. The van der Waals surface area contributed by atoms with Crippen molar-refractivity contribution in [1.29, 1.82) is 0 Å². The first-order chi connectivity index (χ1) is 10.7. The maximum Gasteiger partial charge on any atom is 0.418 e. The third-order valence-electron chi connectivity index (χ3n) is 3.79. The standard InChI is InChI=1S/C15H17F3N2O3/c1-10(21)19-5-7-20(8-6-19)13-4-3-11(14(22)23-2)9-12(13)15(16,17)18/h3-4,9H,5-8H2,1-2H3. The molecule has 1 fully saturated rings. The van der Waals surface area contributed by atoms with Crippen LogP contribution in [-0.4, -0.2) is 50.1 Å². The minimum Gasteiger partial charge on any atom is -0.465 e. The molecule has 1 aromatic carbocycles. The predicted octanol–water partition coefficient (Wildman–Crippen LogP) is 2.16. The van der Waals surface area contributed by atoms with E-state index in [2.05, 4.69) is 4.74 Å². The Morgan fingerprint density at radius 2 is 1.74 bits per heavy atom. The Kier molecular flexibility index (Phi) is 4.82. The molecule has 0 unspecified atom stereocenters. The van der Waals surface area contributed by atoms with Gasteiger partial charge >= 0.3 is 12.1 Å². The molecule has 0 atom stereocenters. The lowest BCUT2D eigenvalue weighted by atomic mass is 10.1. The summed E-state index contributed by atoms with van der Waals surface area (Å²) in [7, 11) is 1.12. The predicted molar refractivity (Wildman–Crippen MR) is 77.3 cm³/mol. The number of ether oxygens (including phenoxy) is 1. The number of carbonyl (C=O) groups excluding carboxylic acids is 2. The number of hydrogen-bond acceptors (Lipinski definition) is 4. The molecule has 1 aliphatic heterocycles. The smallest absolute Gasteiger partial charge is 0.418 e. The fourth-order valence-electron chi connectivity index (χ4n) is 2.55. The number of methoxy groups -OCH3 is 1. The topological polar surface area (TPSA) is 49.9 Å². The van der Waals surface area contributed by atoms with Crippen LogP contribution in [0.2, 0.25) is 0 Å². The Labute approximate surface area is 131 Å². The fourth-order valence-corrected chi connectivity index (χ4v) is 2.55. The lowest BCUT2D eigenvalue weighted by molar-refractivity contribution is -0.137. The van der Waals surface area contributed by atoms with Crippen LogP contribution in [0.3, 0.4) is 0 Å². The van der Waals surface area contributed by atoms with Crippen molar-refractivity contribution in [1.82, 2.24) is 4.90 Å². The summed E-state index contributed by atoms with van der Waals surface area (Å²) in [6, 6.07) is 3.39. The second-order valence-electron chi connectivity index (χ2n) is 5.21. The summed E-state index contributed by atoms with van der Waals surface area (Å²) in [6.07, 6.45) is -4.59. The average molecular weight is 330 g/mol. The molecule has 23 heavy (non-hydrogen) atoms. The Balaban J connectivity index is 2.32. The maximum atomic E-state index is 13.3. The van der Waals surface area contributed by atoms with Gasteiger partial charge in [0.15, 0.2) is 0 Å². The third kappa shape index (κ3) is 3.75. The quantitative estimate of drug-likeness (QED) is 0.780. The molecular weight excluding hydrogens is 313 g/mol. The second kappa shape index (κ2) is 6.47. The van der Waals surface area contributed by atoms with Gasteiger partial charge in [-0.1, -0.05) is 0 Å². The number of hydrogen-bond donors (Lipinski definition) is 0. The molecule has 0 radical (unpaired) electrons. The maximum absolute atomic E-state index is 13.3. The molecule has 0 N–H and O–H groups in total. The second-order valence-corrected chi connectivity index (χ2v) is 5.21. The van der Waals surface area contributed by atoms with E-state index in [1.807, 2.05) is 0 Å². The number of carbonyl (C=O) groups is 2. The Bertz CT molecular complexity index is 608. The van der Waals surface area contributed by atoms with Crippen LogP contribution in [0.5, 0.6) is 0 Å². The lowest BCUT2D eigenvalue weighted by Gasteiger charge is -2.36. The van der Waals surface area contributed by atoms with Crippen LogP contribution in [0.25, 0.3) is 0 Å². The molecule has 0 spiro atoms. The van der Waals surface area contributed by atoms with Crippen LogP contribution in [0.4, 0.5) is 18.9 Å². The van der Waals surface area contributed by atoms with Crippen LogP contribution in [0.1, 0.15) is 22.8 Å². The molecule has 8 heteroatoms. The van der Waals surface area contributed by atoms with Gasteiger partial charge in [-0.15, -0.1) is 0 Å². The van der Waals surface area contributed by atoms with E-state index in [0.29, 0.717) is 26.2 Å². The van der Waals surface area contributed by atoms with E-state index >= 15 is 0 Å². The monoisotopic (exact) mass is 330 g/mol. The first-order valence-corrected chi connectivity index (χ1v) is 7.04. The Hall–Kier alpha value is -2.25. The lowest BCUT2D eigenvalue weighted by Crippen LogP contribution is -2.48. The number of rotatable bonds is 2. The molecule has 0 aliphatic carbocycles. The highest BCUT2D eigenvalue weighted by Crippen LogP contribution is 2.37. The summed E-state index contributed by atoms with van der Waals surface area (Å²) >= 11 is 0. The van der Waals surface area contributed by atoms with Crippen molar-refractivity contribution >= 4 is 17.6 Å². The van der Waals surface area contributed by atoms with Crippen molar-refractivity contribution < 1.29 is 27.5 Å². The molecule has 1 aromatic rings. The number of esters is 1. The van der Waals surface area contributed by atoms with E-state index in [1.54, 1.807) is 9.80 Å². The first-order valence-electron chi connectivity index (χ1n) is 7.04. The van der Waals surface area contributed by atoms with Crippen LogP contribution in [0.15, 0.2) is 18.2 Å². The third-order valence-corrected chi connectivity index (χ3v) is 3.79. The number of piperazine rings is 1. The van der Waals surface area contributed by atoms with Gasteiger partial charge in [0.1, 0.15) is 0 Å². The van der Waals surface area contributed by atoms with Crippen LogP contribution < -0.4 is 4.90 Å². The van der Waals surface area contributed by atoms with Crippen molar-refractivity contribution in [3.63, 3.8) is 0 Å². The zero-order valence-electron chi connectivity index (χ0n) is 12.8. The number of nitrogens with zero attached hydrogens (tertiary/aromatic N) is 2. The molecule has 1 aliphatic rings. The first kappa shape index (κ1) is 17.1. The van der Waals surface area contributed by atoms with E-state index in [0.717, 1.165) is 13.2 Å². The molecule has 0 aromatic heterocycles. The molecule has 5 nitrogen and oxygen atoms in total. The van der Waals surface area contributed by atoms with Gasteiger partial charge in [0.25, 0.3) is 0 Å². The fraction of sp³-hybridized carbons (Fsp3) is 0.467. The van der Waals surface area contributed by atoms with Crippen molar-refractivity contribution in [2.45, 2.75) is 13.1 Å². The van der Waals surface area contributed by atoms with Gasteiger partial charge in [0.05, 0.1) is 18.2 Å². The van der Waals surface area contributed by atoms with E-state index < -0.39 is 17.7 Å². The molecule has 1 saturated heterocycles. The molecule has 2 rings (SSSR count). The SMILES string of the molecule is COC(=O)c1ccc(N2CCN(C(C)=O)CC2)c(C(F)(F)F)c1. The average Bonchev–Trinajstić information content (AvgIpc) is 2.52. The van der Waals surface area contributed by atoms with Crippen LogP contribution in [-0.2, 0) is 15.7 Å². The van der Waals surface area contributed by atoms with E-state index in [4.69, 9.17) is 0 Å². The van der Waals surface area contributed by atoms with Gasteiger partial charge < -0.3 is 14.5 Å². The zero-order chi connectivity index (χ0) is 17.2. The van der Waals surface area contributed by atoms with Gasteiger partial charge in [-0.05, 0) is 18.2 Å². The number of halogens is 3. The summed E-state index contributed by atoms with van der Waals surface area (Å²) in [5.41, 5.74) is -1.02. The molecule has 1 heterocycles. The number of benzene rings is 1. The summed E-state index contributed by atoms with van der Waals surface area (Å²) < 4.78 is 44.4. The normalized spacial score (nSPS) is 15.5. The summed E-state index contributed by atoms with van der Waals surface area (Å²) in [5.74, 6) is -0.912. The Morgan fingerprint density at radius 3 is 2.22 bits per heavy atom. The van der Waals surface area contributed by atoms with Gasteiger partial charge in [0.2, 0.25) is 5.91 Å². The number of alkyl halides is 3. The minimum atomic E-state index is -4.59. The van der Waals surface area contributed by atoms with Gasteiger partial charge in [-0.3, -0.25) is 4.79 Å². The molecule has 0 bridgehead atoms. The van der Waals surface area contributed by atoms with Crippen LogP contribution in [0, 0.1) is 0 Å². The van der Waals surface area contributed by atoms with Crippen LogP contribution >= 0.6 is 0 Å². The van der Waals surface area contributed by atoms with Gasteiger partial charge in [0, 0.05) is 38.8 Å². The summed E-state index contributed by atoms with van der Waals surface area (Å²) in [5, 5.41) is 0.